The molecule has 224 valence electrons. The molecule has 3 heterocycles. The van der Waals surface area contributed by atoms with Gasteiger partial charge in [-0.1, -0.05) is 31.2 Å². The predicted molar refractivity (Wildman–Crippen MR) is 172 cm³/mol. The lowest BCUT2D eigenvalue weighted by atomic mass is 10.1. The van der Waals surface area contributed by atoms with Gasteiger partial charge >= 0.3 is 0 Å². The number of rotatable bonds is 11. The van der Waals surface area contributed by atoms with Gasteiger partial charge in [-0.3, -0.25) is 4.98 Å². The largest absolute Gasteiger partial charge is 0.264 e. The molecule has 9 nitrogen and oxygen atoms in total. The average molecular weight is 654 g/mol. The molecule has 3 aromatic heterocycles. The molecule has 2 aromatic carbocycles. The summed E-state index contributed by atoms with van der Waals surface area (Å²) < 4.78 is 54.2. The lowest BCUT2D eigenvalue weighted by Gasteiger charge is -2.20. The van der Waals surface area contributed by atoms with E-state index in [1.807, 2.05) is 30.7 Å². The highest BCUT2D eigenvalue weighted by Crippen LogP contribution is 2.30. The van der Waals surface area contributed by atoms with Crippen molar-refractivity contribution in [1.29, 1.82) is 0 Å². The van der Waals surface area contributed by atoms with Crippen LogP contribution in [0.1, 0.15) is 17.5 Å². The molecule has 0 aliphatic carbocycles. The zero-order valence-electron chi connectivity index (χ0n) is 24.1. The van der Waals surface area contributed by atoms with Gasteiger partial charge in [0.2, 0.25) is 20.0 Å². The zero-order valence-corrected chi connectivity index (χ0v) is 27.4. The molecule has 0 fully saturated rings. The van der Waals surface area contributed by atoms with Crippen LogP contribution < -0.4 is 0 Å². The lowest BCUT2D eigenvalue weighted by Crippen LogP contribution is -2.32. The summed E-state index contributed by atoms with van der Waals surface area (Å²) in [6.07, 6.45) is 3.97. The molecule has 0 aliphatic rings. The van der Waals surface area contributed by atoms with Gasteiger partial charge in [0.1, 0.15) is 5.01 Å². The maximum Gasteiger partial charge on any atom is 0.243 e. The van der Waals surface area contributed by atoms with Gasteiger partial charge in [-0.2, -0.15) is 4.31 Å². The van der Waals surface area contributed by atoms with Gasteiger partial charge in [-0.25, -0.2) is 31.1 Å². The van der Waals surface area contributed by atoms with Crippen molar-refractivity contribution in [1.82, 2.24) is 23.6 Å². The van der Waals surface area contributed by atoms with E-state index in [9.17, 15) is 16.8 Å². The Balaban J connectivity index is 1.27. The minimum absolute atomic E-state index is 0.222. The molecular formula is C30H31N5O4S4. The highest BCUT2D eigenvalue weighted by atomic mass is 32.2. The molecule has 0 radical (unpaired) electrons. The Bertz CT molecular complexity index is 1930. The number of benzene rings is 2. The second-order valence-electron chi connectivity index (χ2n) is 9.95. The standard InChI is InChI=1S/C30H31N5O4S4/c1-5-35(43(38,39)27-12-8-23(9-13-27)28-19-40-21(2)32-28)15-14-22-16-25(18-31-17-22)30-33-29(20-41-30)24-6-10-26(11-7-24)42(36,37)34(3)4/h6-13,16-20H,5,14-15H2,1-4H3. The number of aromatic nitrogens is 3. The van der Waals surface area contributed by atoms with E-state index in [0.717, 1.165) is 43.7 Å². The summed E-state index contributed by atoms with van der Waals surface area (Å²) in [6, 6.07) is 15.5. The Morgan fingerprint density at radius 2 is 1.33 bits per heavy atom. The number of thiazole rings is 2. The van der Waals surface area contributed by atoms with Crippen molar-refractivity contribution in [2.75, 3.05) is 27.2 Å². The first-order valence-electron chi connectivity index (χ1n) is 13.4. The van der Waals surface area contributed by atoms with Gasteiger partial charge in [0.05, 0.1) is 26.2 Å². The summed E-state index contributed by atoms with van der Waals surface area (Å²) in [5.74, 6) is 0. The number of sulfonamides is 2. The molecule has 0 saturated heterocycles. The third-order valence-corrected chi connectivity index (χ3v) is 12.4. The highest BCUT2D eigenvalue weighted by molar-refractivity contribution is 7.89. The summed E-state index contributed by atoms with van der Waals surface area (Å²) in [7, 11) is -4.18. The molecule has 0 N–H and O–H groups in total. The molecule has 5 aromatic rings. The predicted octanol–water partition coefficient (Wildman–Crippen LogP) is 5.81. The topological polar surface area (TPSA) is 113 Å². The fraction of sp³-hybridized carbons (Fsp3) is 0.233. The Morgan fingerprint density at radius 1 is 0.744 bits per heavy atom. The maximum atomic E-state index is 13.4. The molecule has 43 heavy (non-hydrogen) atoms. The number of likely N-dealkylation sites (N-methyl/N-ethyl adjacent to an activating group) is 1. The number of nitrogens with zero attached hydrogens (tertiary/aromatic N) is 5. The Labute approximate surface area is 260 Å². The van der Waals surface area contributed by atoms with Crippen LogP contribution in [0.3, 0.4) is 0 Å². The van der Waals surface area contributed by atoms with Gasteiger partial charge in [-0.05, 0) is 49.2 Å². The number of hydrogen-bond donors (Lipinski definition) is 0. The van der Waals surface area contributed by atoms with Crippen LogP contribution in [-0.4, -0.2) is 67.6 Å². The van der Waals surface area contributed by atoms with E-state index in [2.05, 4.69) is 9.97 Å². The summed E-state index contributed by atoms with van der Waals surface area (Å²) >= 11 is 3.02. The van der Waals surface area contributed by atoms with E-state index in [1.54, 1.807) is 72.3 Å². The van der Waals surface area contributed by atoms with Gasteiger partial charge in [0.15, 0.2) is 0 Å². The molecular weight excluding hydrogens is 623 g/mol. The van der Waals surface area contributed by atoms with Crippen LogP contribution >= 0.6 is 22.7 Å². The van der Waals surface area contributed by atoms with E-state index < -0.39 is 20.0 Å². The van der Waals surface area contributed by atoms with Crippen molar-refractivity contribution < 1.29 is 16.8 Å². The molecule has 0 saturated carbocycles. The summed E-state index contributed by atoms with van der Waals surface area (Å²) in [6.45, 7) is 4.42. The second-order valence-corrected chi connectivity index (χ2v) is 16.0. The Kier molecular flexibility index (Phi) is 9.20. The van der Waals surface area contributed by atoms with Crippen LogP contribution in [0.15, 0.2) is 87.5 Å². The average Bonchev–Trinajstić information content (AvgIpc) is 3.67. The van der Waals surface area contributed by atoms with Crippen molar-refractivity contribution in [3.05, 3.63) is 88.3 Å². The smallest absolute Gasteiger partial charge is 0.243 e. The van der Waals surface area contributed by atoms with Gasteiger partial charge < -0.3 is 0 Å². The van der Waals surface area contributed by atoms with Crippen LogP contribution in [-0.2, 0) is 26.5 Å². The number of aryl methyl sites for hydroxylation is 1. The molecule has 13 heteroatoms. The van der Waals surface area contributed by atoms with Crippen LogP contribution in [0.2, 0.25) is 0 Å². The molecule has 0 bridgehead atoms. The van der Waals surface area contributed by atoms with Crippen molar-refractivity contribution in [2.24, 2.45) is 0 Å². The van der Waals surface area contributed by atoms with E-state index in [1.165, 1.54) is 34.0 Å². The first kappa shape index (κ1) is 31.1. The maximum absolute atomic E-state index is 13.4. The molecule has 0 aliphatic heterocycles. The lowest BCUT2D eigenvalue weighted by molar-refractivity contribution is 0.431. The van der Waals surface area contributed by atoms with Crippen molar-refractivity contribution >= 4 is 42.7 Å². The normalized spacial score (nSPS) is 12.3. The van der Waals surface area contributed by atoms with Crippen molar-refractivity contribution in [3.63, 3.8) is 0 Å². The number of pyridine rings is 1. The van der Waals surface area contributed by atoms with E-state index in [-0.39, 0.29) is 9.79 Å². The van der Waals surface area contributed by atoms with Gasteiger partial charge in [0, 0.05) is 67.0 Å². The number of hydrogen-bond acceptors (Lipinski definition) is 9. The first-order chi connectivity index (χ1) is 20.5. The first-order valence-corrected chi connectivity index (χ1v) is 18.1. The fourth-order valence-corrected chi connectivity index (χ4v) is 8.22. The molecule has 0 atom stereocenters. The SMILES string of the molecule is CCN(CCc1cncc(-c2nc(-c3ccc(S(=O)(=O)N(C)C)cc3)cs2)c1)S(=O)(=O)c1ccc(-c2csc(C)n2)cc1. The molecule has 0 amide bonds. The van der Waals surface area contributed by atoms with Crippen molar-refractivity contribution in [3.8, 4) is 33.1 Å². The zero-order chi connectivity index (χ0) is 30.8. The summed E-state index contributed by atoms with van der Waals surface area (Å²) in [5, 5.41) is 5.61. The second kappa shape index (κ2) is 12.7. The minimum Gasteiger partial charge on any atom is -0.264 e. The Morgan fingerprint density at radius 3 is 1.88 bits per heavy atom. The molecule has 0 spiro atoms. The monoisotopic (exact) mass is 653 g/mol. The van der Waals surface area contributed by atoms with E-state index in [0.29, 0.717) is 19.5 Å². The third kappa shape index (κ3) is 6.77. The van der Waals surface area contributed by atoms with E-state index >= 15 is 0 Å². The molecule has 0 unspecified atom stereocenters. The summed E-state index contributed by atoms with van der Waals surface area (Å²) in [4.78, 5) is 14.1. The summed E-state index contributed by atoms with van der Waals surface area (Å²) in [5.41, 5.74) is 5.00. The minimum atomic E-state index is -3.68. The third-order valence-electron chi connectivity index (χ3n) is 6.88. The van der Waals surface area contributed by atoms with Crippen molar-refractivity contribution in [2.45, 2.75) is 30.1 Å². The van der Waals surface area contributed by atoms with Gasteiger partial charge in [0.25, 0.3) is 0 Å². The van der Waals surface area contributed by atoms with Crippen LogP contribution in [0.4, 0.5) is 0 Å². The highest BCUT2D eigenvalue weighted by Gasteiger charge is 2.23. The van der Waals surface area contributed by atoms with E-state index in [4.69, 9.17) is 4.98 Å². The van der Waals surface area contributed by atoms with Crippen LogP contribution in [0, 0.1) is 6.92 Å². The molecule has 5 rings (SSSR count). The Hall–Kier alpha value is -3.33. The van der Waals surface area contributed by atoms with Crippen LogP contribution in [0.5, 0.6) is 0 Å². The fourth-order valence-electron chi connectivity index (χ4n) is 4.43. The van der Waals surface area contributed by atoms with Crippen LogP contribution in [0.25, 0.3) is 33.1 Å². The van der Waals surface area contributed by atoms with Gasteiger partial charge in [-0.15, -0.1) is 22.7 Å². The quantitative estimate of drug-likeness (QED) is 0.177.